The predicted octanol–water partition coefficient (Wildman–Crippen LogP) is 1.54. The SMILES string of the molecule is C=CCO[C@@H]1CCN(Cc2cnn(C)c2)[C@@H]1Cc1cnn(C)c1. The van der Waals surface area contributed by atoms with E-state index in [1.165, 1.54) is 11.1 Å². The van der Waals surface area contributed by atoms with Crippen molar-refractivity contribution in [1.29, 1.82) is 0 Å². The zero-order chi connectivity index (χ0) is 16.2. The van der Waals surface area contributed by atoms with Gasteiger partial charge in [0.25, 0.3) is 0 Å². The van der Waals surface area contributed by atoms with Gasteiger partial charge in [0.05, 0.1) is 25.1 Å². The molecular formula is C17H25N5O. The molecule has 2 atom stereocenters. The molecule has 0 radical (unpaired) electrons. The maximum Gasteiger partial charge on any atom is 0.0750 e. The van der Waals surface area contributed by atoms with Gasteiger partial charge in [0, 0.05) is 51.2 Å². The molecule has 0 N–H and O–H groups in total. The highest BCUT2D eigenvalue weighted by molar-refractivity contribution is 5.11. The summed E-state index contributed by atoms with van der Waals surface area (Å²) in [5.41, 5.74) is 2.50. The Morgan fingerprint density at radius 1 is 1.22 bits per heavy atom. The Morgan fingerprint density at radius 2 is 1.91 bits per heavy atom. The van der Waals surface area contributed by atoms with Crippen LogP contribution in [0.4, 0.5) is 0 Å². The van der Waals surface area contributed by atoms with Crippen molar-refractivity contribution in [1.82, 2.24) is 24.5 Å². The normalized spacial score (nSPS) is 21.8. The van der Waals surface area contributed by atoms with Crippen LogP contribution in [0.15, 0.2) is 37.4 Å². The van der Waals surface area contributed by atoms with Crippen molar-refractivity contribution in [3.8, 4) is 0 Å². The van der Waals surface area contributed by atoms with E-state index in [9.17, 15) is 0 Å². The smallest absolute Gasteiger partial charge is 0.0750 e. The Labute approximate surface area is 137 Å². The first-order chi connectivity index (χ1) is 11.2. The summed E-state index contributed by atoms with van der Waals surface area (Å²) in [6.45, 7) is 6.32. The third-order valence-electron chi connectivity index (χ3n) is 4.37. The lowest BCUT2D eigenvalue weighted by atomic mass is 10.0. The molecule has 0 unspecified atom stereocenters. The minimum absolute atomic E-state index is 0.241. The number of hydrogen-bond acceptors (Lipinski definition) is 4. The summed E-state index contributed by atoms with van der Waals surface area (Å²) in [7, 11) is 3.91. The Hall–Kier alpha value is -1.92. The molecule has 0 aromatic carbocycles. The fourth-order valence-corrected chi connectivity index (χ4v) is 3.34. The molecule has 0 spiro atoms. The van der Waals surface area contributed by atoms with Crippen LogP contribution in [0, 0.1) is 0 Å². The summed E-state index contributed by atoms with van der Waals surface area (Å²) in [4.78, 5) is 2.50. The van der Waals surface area contributed by atoms with Gasteiger partial charge >= 0.3 is 0 Å². The van der Waals surface area contributed by atoms with Crippen molar-refractivity contribution in [2.45, 2.75) is 31.5 Å². The fourth-order valence-electron chi connectivity index (χ4n) is 3.34. The van der Waals surface area contributed by atoms with E-state index in [4.69, 9.17) is 4.74 Å². The van der Waals surface area contributed by atoms with E-state index in [1.54, 1.807) is 0 Å². The number of aryl methyl sites for hydroxylation is 2. The monoisotopic (exact) mass is 315 g/mol. The zero-order valence-electron chi connectivity index (χ0n) is 13.9. The molecule has 0 bridgehead atoms. The lowest BCUT2D eigenvalue weighted by Crippen LogP contribution is -2.37. The van der Waals surface area contributed by atoms with Crippen LogP contribution in [-0.4, -0.2) is 49.8 Å². The van der Waals surface area contributed by atoms with Crippen molar-refractivity contribution in [3.05, 3.63) is 48.6 Å². The van der Waals surface area contributed by atoms with Gasteiger partial charge in [-0.25, -0.2) is 0 Å². The number of rotatable bonds is 7. The van der Waals surface area contributed by atoms with E-state index >= 15 is 0 Å². The molecule has 1 saturated heterocycles. The van der Waals surface area contributed by atoms with Crippen molar-refractivity contribution >= 4 is 0 Å². The van der Waals surface area contributed by atoms with Crippen molar-refractivity contribution < 1.29 is 4.74 Å². The third kappa shape index (κ3) is 3.89. The van der Waals surface area contributed by atoms with E-state index in [0.717, 1.165) is 25.9 Å². The molecule has 23 heavy (non-hydrogen) atoms. The Morgan fingerprint density at radius 3 is 2.52 bits per heavy atom. The third-order valence-corrected chi connectivity index (χ3v) is 4.37. The van der Waals surface area contributed by atoms with Crippen LogP contribution in [0.3, 0.4) is 0 Å². The van der Waals surface area contributed by atoms with Gasteiger partial charge in [0.15, 0.2) is 0 Å². The molecule has 3 rings (SSSR count). The largest absolute Gasteiger partial charge is 0.372 e. The quantitative estimate of drug-likeness (QED) is 0.727. The molecule has 1 aliphatic rings. The van der Waals surface area contributed by atoms with Crippen LogP contribution >= 0.6 is 0 Å². The highest BCUT2D eigenvalue weighted by atomic mass is 16.5. The van der Waals surface area contributed by atoms with Crippen LogP contribution in [0.25, 0.3) is 0 Å². The van der Waals surface area contributed by atoms with Gasteiger partial charge in [-0.15, -0.1) is 6.58 Å². The van der Waals surface area contributed by atoms with E-state index in [1.807, 2.05) is 41.9 Å². The average Bonchev–Trinajstić information content (AvgIpc) is 3.21. The molecule has 3 heterocycles. The van der Waals surface area contributed by atoms with Gasteiger partial charge in [-0.05, 0) is 18.4 Å². The number of hydrogen-bond donors (Lipinski definition) is 0. The van der Waals surface area contributed by atoms with Gasteiger partial charge in [-0.1, -0.05) is 6.08 Å². The summed E-state index contributed by atoms with van der Waals surface area (Å²) < 4.78 is 9.72. The van der Waals surface area contributed by atoms with Gasteiger partial charge in [-0.3, -0.25) is 14.3 Å². The second-order valence-electron chi connectivity index (χ2n) is 6.24. The number of aromatic nitrogens is 4. The summed E-state index contributed by atoms with van der Waals surface area (Å²) in [6.07, 6.45) is 12.1. The van der Waals surface area contributed by atoms with E-state index in [0.29, 0.717) is 12.6 Å². The highest BCUT2D eigenvalue weighted by Gasteiger charge is 2.35. The van der Waals surface area contributed by atoms with E-state index < -0.39 is 0 Å². The van der Waals surface area contributed by atoms with Crippen LogP contribution in [-0.2, 0) is 31.8 Å². The minimum atomic E-state index is 0.241. The van der Waals surface area contributed by atoms with Crippen molar-refractivity contribution in [2.75, 3.05) is 13.2 Å². The molecule has 0 aliphatic carbocycles. The summed E-state index contributed by atoms with van der Waals surface area (Å²) in [5, 5.41) is 8.56. The van der Waals surface area contributed by atoms with Crippen LogP contribution in [0.1, 0.15) is 17.5 Å². The van der Waals surface area contributed by atoms with Crippen molar-refractivity contribution in [3.63, 3.8) is 0 Å². The molecule has 1 fully saturated rings. The first-order valence-electron chi connectivity index (χ1n) is 8.07. The van der Waals surface area contributed by atoms with Crippen molar-refractivity contribution in [2.24, 2.45) is 14.1 Å². The minimum Gasteiger partial charge on any atom is -0.372 e. The lowest BCUT2D eigenvalue weighted by Gasteiger charge is -2.27. The predicted molar refractivity (Wildman–Crippen MR) is 88.9 cm³/mol. The van der Waals surface area contributed by atoms with Gasteiger partial charge in [-0.2, -0.15) is 10.2 Å². The van der Waals surface area contributed by atoms with Crippen LogP contribution in [0.2, 0.25) is 0 Å². The molecule has 2 aromatic heterocycles. The standard InChI is InChI=1S/C17H25N5O/c1-4-7-23-17-5-6-22(13-15-10-19-21(3)12-15)16(17)8-14-9-18-20(2)11-14/h4,9-12,16-17H,1,5-8,13H2,2-3H3/t16-,17-/m1/s1. The lowest BCUT2D eigenvalue weighted by molar-refractivity contribution is 0.0421. The number of ether oxygens (including phenoxy) is 1. The van der Waals surface area contributed by atoms with E-state index in [-0.39, 0.29) is 6.10 Å². The van der Waals surface area contributed by atoms with Gasteiger partial charge in [0.2, 0.25) is 0 Å². The zero-order valence-corrected chi connectivity index (χ0v) is 13.9. The maximum absolute atomic E-state index is 6.01. The average molecular weight is 315 g/mol. The molecule has 6 nitrogen and oxygen atoms in total. The molecule has 124 valence electrons. The molecule has 1 aliphatic heterocycles. The maximum atomic E-state index is 6.01. The van der Waals surface area contributed by atoms with Crippen LogP contribution < -0.4 is 0 Å². The summed E-state index contributed by atoms with van der Waals surface area (Å²) in [5.74, 6) is 0. The highest BCUT2D eigenvalue weighted by Crippen LogP contribution is 2.26. The summed E-state index contributed by atoms with van der Waals surface area (Å²) in [6, 6.07) is 0.361. The molecular weight excluding hydrogens is 290 g/mol. The Kier molecular flexibility index (Phi) is 4.93. The molecule has 0 saturated carbocycles. The Balaban J connectivity index is 1.72. The van der Waals surface area contributed by atoms with Gasteiger partial charge in [0.1, 0.15) is 0 Å². The number of nitrogens with zero attached hydrogens (tertiary/aromatic N) is 5. The topological polar surface area (TPSA) is 48.1 Å². The second-order valence-corrected chi connectivity index (χ2v) is 6.24. The molecule has 2 aromatic rings. The Bertz CT molecular complexity index is 647. The first kappa shape index (κ1) is 16.0. The number of likely N-dealkylation sites (tertiary alicyclic amines) is 1. The molecule has 0 amide bonds. The summed E-state index contributed by atoms with van der Waals surface area (Å²) >= 11 is 0. The first-order valence-corrected chi connectivity index (χ1v) is 8.07. The second kappa shape index (κ2) is 7.10. The van der Waals surface area contributed by atoms with Crippen LogP contribution in [0.5, 0.6) is 0 Å². The van der Waals surface area contributed by atoms with E-state index in [2.05, 4.69) is 34.1 Å². The van der Waals surface area contributed by atoms with Gasteiger partial charge < -0.3 is 4.74 Å². The molecule has 6 heteroatoms. The fraction of sp³-hybridized carbons (Fsp3) is 0.529.